The summed E-state index contributed by atoms with van der Waals surface area (Å²) in [5, 5.41) is 31.6. The lowest BCUT2D eigenvalue weighted by Gasteiger charge is -2.26. The maximum atomic E-state index is 12.3. The number of allylic oxidation sites excluding steroid dienone is 2. The Labute approximate surface area is 257 Å². The number of aliphatic hydroxyl groups excluding tert-OH is 3. The highest BCUT2D eigenvalue weighted by molar-refractivity contribution is 5.70. The molecule has 1 aliphatic carbocycles. The maximum absolute atomic E-state index is 12.3. The van der Waals surface area contributed by atoms with Crippen LogP contribution in [0.15, 0.2) is 47.5 Å². The van der Waals surface area contributed by atoms with Crippen molar-refractivity contribution in [1.29, 1.82) is 0 Å². The quantitative estimate of drug-likeness (QED) is 0.0609. The van der Waals surface area contributed by atoms with Crippen LogP contribution in [0.5, 0.6) is 0 Å². The Balaban J connectivity index is 1.67. The second-order valence-corrected chi connectivity index (χ2v) is 12.1. The summed E-state index contributed by atoms with van der Waals surface area (Å²) in [7, 11) is 0. The molecular weight excluding hydrogens is 546 g/mol. The molecule has 1 aromatic carbocycles. The van der Waals surface area contributed by atoms with Gasteiger partial charge in [0.25, 0.3) is 0 Å². The average Bonchev–Trinajstić information content (AvgIpc) is 3.26. The summed E-state index contributed by atoms with van der Waals surface area (Å²) >= 11 is 0. The number of terminal acetylenes is 1. The third kappa shape index (κ3) is 14.4. The number of aliphatic imine (C=N–C) groups is 1. The molecule has 0 spiro atoms. The summed E-state index contributed by atoms with van der Waals surface area (Å²) in [6, 6.07) is 10.1. The molecule has 1 fully saturated rings. The summed E-state index contributed by atoms with van der Waals surface area (Å²) in [4.78, 5) is 28.1. The third-order valence-electron chi connectivity index (χ3n) is 8.15. The molecule has 0 radical (unpaired) electrons. The van der Waals surface area contributed by atoms with Crippen molar-refractivity contribution in [2.45, 2.75) is 102 Å². The van der Waals surface area contributed by atoms with Crippen molar-refractivity contribution in [3.63, 3.8) is 0 Å². The Morgan fingerprint density at radius 2 is 1.72 bits per heavy atom. The minimum Gasteiger partial charge on any atom is -0.465 e. The molecule has 0 amide bonds. The highest BCUT2D eigenvalue weighted by atomic mass is 16.5. The molecule has 0 aromatic heterocycles. The lowest BCUT2D eigenvalue weighted by Crippen LogP contribution is -2.34. The summed E-state index contributed by atoms with van der Waals surface area (Å²) in [6.45, 7) is 5.78. The molecule has 8 nitrogen and oxygen atoms in total. The van der Waals surface area contributed by atoms with Gasteiger partial charge in [-0.05, 0) is 81.9 Å². The van der Waals surface area contributed by atoms with Crippen LogP contribution in [0.2, 0.25) is 0 Å². The molecule has 8 heteroatoms. The fraction of sp³-hybridized carbons (Fsp3) is 0.629. The fourth-order valence-electron chi connectivity index (χ4n) is 5.54. The van der Waals surface area contributed by atoms with Gasteiger partial charge in [-0.25, -0.2) is 0 Å². The topological polar surface area (TPSA) is 126 Å². The molecule has 43 heavy (non-hydrogen) atoms. The van der Waals surface area contributed by atoms with Crippen molar-refractivity contribution >= 4 is 18.7 Å². The van der Waals surface area contributed by atoms with Crippen molar-refractivity contribution in [2.24, 2.45) is 22.2 Å². The lowest BCUT2D eigenvalue weighted by atomic mass is 9.85. The van der Waals surface area contributed by atoms with E-state index in [2.05, 4.69) is 29.8 Å². The molecular formula is C35H51NO7. The summed E-state index contributed by atoms with van der Waals surface area (Å²) in [5.74, 6) is 1.71. The molecule has 1 aliphatic rings. The first kappa shape index (κ1) is 36.2. The second-order valence-electron chi connectivity index (χ2n) is 12.1. The van der Waals surface area contributed by atoms with Crippen LogP contribution in [0.4, 0.5) is 0 Å². The molecule has 0 heterocycles. The number of unbranched alkanes of at least 4 members (excludes halogenated alkanes) is 2. The Kier molecular flexibility index (Phi) is 16.9. The number of aliphatic hydroxyl groups is 3. The molecule has 0 aliphatic heterocycles. The van der Waals surface area contributed by atoms with Crippen molar-refractivity contribution in [3.05, 3.63) is 48.0 Å². The number of hydrogen-bond donors (Lipinski definition) is 3. The van der Waals surface area contributed by atoms with Gasteiger partial charge in [-0.3, -0.25) is 9.59 Å². The molecule has 1 unspecified atom stereocenters. The van der Waals surface area contributed by atoms with E-state index in [1.807, 2.05) is 37.3 Å². The van der Waals surface area contributed by atoms with Crippen LogP contribution in [0, 0.1) is 29.6 Å². The first-order chi connectivity index (χ1) is 20.7. The smallest absolute Gasteiger partial charge is 0.305 e. The highest BCUT2D eigenvalue weighted by Gasteiger charge is 2.40. The number of carbonyl (C=O) groups is 2. The van der Waals surface area contributed by atoms with Gasteiger partial charge in [-0.1, -0.05) is 49.4 Å². The SMILES string of the molecule is C#CCCCC(=O)OCC(C)(CN=C)COC(=O)CCC/C=C\C[C@@H]1[C@@H](CC[C@@H](O)CCc2ccccc2)[C@H](O)C[C@@H]1O. The number of hydrogen-bond acceptors (Lipinski definition) is 8. The lowest BCUT2D eigenvalue weighted by molar-refractivity contribution is -0.153. The van der Waals surface area contributed by atoms with Crippen LogP contribution in [-0.4, -0.2) is 72.0 Å². The van der Waals surface area contributed by atoms with Crippen molar-refractivity contribution in [1.82, 2.24) is 0 Å². The van der Waals surface area contributed by atoms with Gasteiger partial charge in [0.2, 0.25) is 0 Å². The van der Waals surface area contributed by atoms with E-state index < -0.39 is 23.7 Å². The number of aryl methyl sites for hydroxylation is 1. The molecule has 6 atom stereocenters. The van der Waals surface area contributed by atoms with Crippen LogP contribution in [0.1, 0.15) is 83.1 Å². The van der Waals surface area contributed by atoms with Gasteiger partial charge < -0.3 is 29.8 Å². The van der Waals surface area contributed by atoms with E-state index in [1.165, 1.54) is 5.56 Å². The molecule has 2 rings (SSSR count). The summed E-state index contributed by atoms with van der Waals surface area (Å²) in [6.07, 6.45) is 14.3. The summed E-state index contributed by atoms with van der Waals surface area (Å²) < 4.78 is 10.8. The van der Waals surface area contributed by atoms with E-state index in [1.54, 1.807) is 0 Å². The van der Waals surface area contributed by atoms with Crippen LogP contribution in [0.3, 0.4) is 0 Å². The number of benzene rings is 1. The van der Waals surface area contributed by atoms with E-state index in [4.69, 9.17) is 15.9 Å². The molecule has 0 saturated heterocycles. The zero-order chi connectivity index (χ0) is 31.5. The number of nitrogens with zero attached hydrogens (tertiary/aromatic N) is 1. The molecule has 1 aromatic rings. The highest BCUT2D eigenvalue weighted by Crippen LogP contribution is 2.38. The third-order valence-corrected chi connectivity index (χ3v) is 8.15. The zero-order valence-corrected chi connectivity index (χ0v) is 25.7. The van der Waals surface area contributed by atoms with Gasteiger partial charge in [-0.15, -0.1) is 12.3 Å². The standard InChI is InChI=1S/C35H51NO7/c1-4-5-9-17-33(40)42-25-35(2,24-36-3)26-43-34(41)18-13-7-6-12-16-29-30(32(39)23-31(29)38)22-21-28(37)20-19-27-14-10-8-11-15-27/h1,6,8,10-12,14-15,28-32,37-39H,3,5,7,9,13,16-26H2,2H3/b12-6-/t28-,29+,30+,31-,32+,35?/m0/s1. The monoisotopic (exact) mass is 597 g/mol. The van der Waals surface area contributed by atoms with Gasteiger partial charge in [-0.2, -0.15) is 0 Å². The van der Waals surface area contributed by atoms with Gasteiger partial charge in [0.1, 0.15) is 13.2 Å². The molecule has 238 valence electrons. The van der Waals surface area contributed by atoms with Crippen LogP contribution >= 0.6 is 0 Å². The van der Waals surface area contributed by atoms with Gasteiger partial charge in [0, 0.05) is 19.3 Å². The Morgan fingerprint density at radius 1 is 1.07 bits per heavy atom. The molecule has 3 N–H and O–H groups in total. The van der Waals surface area contributed by atoms with Gasteiger partial charge >= 0.3 is 11.9 Å². The van der Waals surface area contributed by atoms with E-state index in [0.717, 1.165) is 6.42 Å². The predicted molar refractivity (Wildman–Crippen MR) is 168 cm³/mol. The maximum Gasteiger partial charge on any atom is 0.305 e. The van der Waals surface area contributed by atoms with E-state index in [9.17, 15) is 24.9 Å². The minimum absolute atomic E-state index is 0.0532. The zero-order valence-electron chi connectivity index (χ0n) is 25.7. The van der Waals surface area contributed by atoms with E-state index in [-0.39, 0.29) is 56.4 Å². The van der Waals surface area contributed by atoms with E-state index in [0.29, 0.717) is 57.8 Å². The van der Waals surface area contributed by atoms with Gasteiger partial charge in [0.05, 0.1) is 30.3 Å². The van der Waals surface area contributed by atoms with E-state index >= 15 is 0 Å². The Morgan fingerprint density at radius 3 is 2.37 bits per heavy atom. The minimum atomic E-state index is -0.653. The van der Waals surface area contributed by atoms with Crippen LogP contribution in [-0.2, 0) is 25.5 Å². The Bertz CT molecular complexity index is 1040. The largest absolute Gasteiger partial charge is 0.465 e. The first-order valence-corrected chi connectivity index (χ1v) is 15.6. The Hall–Kier alpha value is -2.99. The summed E-state index contributed by atoms with van der Waals surface area (Å²) in [5.41, 5.74) is 0.545. The van der Waals surface area contributed by atoms with Crippen LogP contribution in [0.25, 0.3) is 0 Å². The second kappa shape index (κ2) is 20.1. The predicted octanol–water partition coefficient (Wildman–Crippen LogP) is 4.83. The van der Waals surface area contributed by atoms with Gasteiger partial charge in [0.15, 0.2) is 0 Å². The number of rotatable bonds is 21. The van der Waals surface area contributed by atoms with Crippen LogP contribution < -0.4 is 0 Å². The normalized spacial score (nSPS) is 22.0. The van der Waals surface area contributed by atoms with Crippen molar-refractivity contribution in [2.75, 3.05) is 19.8 Å². The number of ether oxygens (including phenoxy) is 2. The number of esters is 2. The average molecular weight is 598 g/mol. The fourth-order valence-corrected chi connectivity index (χ4v) is 5.54. The number of carbonyl (C=O) groups excluding carboxylic acids is 2. The molecule has 0 bridgehead atoms. The van der Waals surface area contributed by atoms with Crippen molar-refractivity contribution in [3.8, 4) is 12.3 Å². The first-order valence-electron chi connectivity index (χ1n) is 15.6. The molecule has 1 saturated carbocycles. The van der Waals surface area contributed by atoms with Crippen molar-refractivity contribution < 1.29 is 34.4 Å².